The summed E-state index contributed by atoms with van der Waals surface area (Å²) in [7, 11) is 1.98. The van der Waals surface area contributed by atoms with Crippen LogP contribution in [0.3, 0.4) is 0 Å². The van der Waals surface area contributed by atoms with Crippen LogP contribution in [0.4, 0.5) is 0 Å². The molecule has 0 aliphatic rings. The predicted octanol–water partition coefficient (Wildman–Crippen LogP) is 1.55. The first kappa shape index (κ1) is 13.0. The van der Waals surface area contributed by atoms with E-state index in [1.165, 1.54) is 5.56 Å². The smallest absolute Gasteiger partial charge is 0.220 e. The summed E-state index contributed by atoms with van der Waals surface area (Å²) >= 11 is 4.02. The Hall–Kier alpha value is -1.49. The van der Waals surface area contributed by atoms with Gasteiger partial charge >= 0.3 is 0 Å². The average Bonchev–Trinajstić information content (AvgIpc) is 2.71. The van der Waals surface area contributed by atoms with Gasteiger partial charge in [0.25, 0.3) is 0 Å². The van der Waals surface area contributed by atoms with Gasteiger partial charge in [-0.1, -0.05) is 6.07 Å². The molecule has 2 rings (SSSR count). The number of aryl methyl sites for hydroxylation is 1. The van der Waals surface area contributed by atoms with E-state index in [9.17, 15) is 4.79 Å². The summed E-state index contributed by atoms with van der Waals surface area (Å²) in [5.74, 6) is 0.648. The van der Waals surface area contributed by atoms with Crippen molar-refractivity contribution in [1.29, 1.82) is 0 Å². The van der Waals surface area contributed by atoms with E-state index in [1.54, 1.807) is 0 Å². The molecule has 0 saturated carbocycles. The molecule has 5 heteroatoms. The lowest BCUT2D eigenvalue weighted by Crippen LogP contribution is -2.25. The Morgan fingerprint density at radius 2 is 2.33 bits per heavy atom. The van der Waals surface area contributed by atoms with Gasteiger partial charge in [0.05, 0.1) is 17.4 Å². The summed E-state index contributed by atoms with van der Waals surface area (Å²) in [6.45, 7) is 0.658. The summed E-state index contributed by atoms with van der Waals surface area (Å²) in [4.78, 5) is 15.6. The third-order valence-electron chi connectivity index (χ3n) is 2.86. The van der Waals surface area contributed by atoms with Gasteiger partial charge in [0.2, 0.25) is 5.91 Å². The van der Waals surface area contributed by atoms with E-state index in [-0.39, 0.29) is 5.91 Å². The van der Waals surface area contributed by atoms with Crippen LogP contribution in [0.25, 0.3) is 11.0 Å². The molecule has 1 amide bonds. The van der Waals surface area contributed by atoms with Crippen molar-refractivity contribution in [3.8, 4) is 0 Å². The molecule has 1 aromatic heterocycles. The third-order valence-corrected chi connectivity index (χ3v) is 3.09. The van der Waals surface area contributed by atoms with Crippen molar-refractivity contribution in [3.05, 3.63) is 30.1 Å². The molecule has 0 aliphatic carbocycles. The number of carbonyl (C=O) groups is 1. The summed E-state index contributed by atoms with van der Waals surface area (Å²) < 4.78 is 1.99. The third kappa shape index (κ3) is 3.04. The summed E-state index contributed by atoms with van der Waals surface area (Å²) in [5, 5.41) is 2.87. The van der Waals surface area contributed by atoms with Crippen LogP contribution in [0, 0.1) is 0 Å². The van der Waals surface area contributed by atoms with Gasteiger partial charge in [-0.25, -0.2) is 4.98 Å². The van der Waals surface area contributed by atoms with E-state index in [1.807, 2.05) is 17.9 Å². The Labute approximate surface area is 112 Å². The predicted molar refractivity (Wildman–Crippen MR) is 75.9 cm³/mol. The van der Waals surface area contributed by atoms with Crippen molar-refractivity contribution in [3.63, 3.8) is 0 Å². The van der Waals surface area contributed by atoms with Gasteiger partial charge in [-0.2, -0.15) is 12.6 Å². The molecule has 1 heterocycles. The monoisotopic (exact) mass is 263 g/mol. The van der Waals surface area contributed by atoms with Crippen LogP contribution in [-0.4, -0.2) is 27.8 Å². The summed E-state index contributed by atoms with van der Waals surface area (Å²) in [6, 6.07) is 6.21. The molecule has 96 valence electrons. The van der Waals surface area contributed by atoms with E-state index in [0.29, 0.717) is 18.7 Å². The SMILES string of the molecule is Cn1cnc2cc(CCNC(=O)CCS)ccc21. The second kappa shape index (κ2) is 5.91. The van der Waals surface area contributed by atoms with E-state index in [4.69, 9.17) is 0 Å². The van der Waals surface area contributed by atoms with Gasteiger partial charge in [-0.15, -0.1) is 0 Å². The van der Waals surface area contributed by atoms with E-state index in [2.05, 4.69) is 41.1 Å². The number of benzene rings is 1. The fourth-order valence-electron chi connectivity index (χ4n) is 1.87. The number of nitrogens with zero attached hydrogens (tertiary/aromatic N) is 2. The minimum Gasteiger partial charge on any atom is -0.356 e. The molecule has 0 bridgehead atoms. The molecule has 0 aliphatic heterocycles. The Morgan fingerprint density at radius 3 is 3.11 bits per heavy atom. The van der Waals surface area contributed by atoms with Crippen molar-refractivity contribution in [2.24, 2.45) is 7.05 Å². The highest BCUT2D eigenvalue weighted by Gasteiger charge is 2.02. The lowest BCUT2D eigenvalue weighted by atomic mass is 10.1. The molecule has 0 atom stereocenters. The van der Waals surface area contributed by atoms with Crippen molar-refractivity contribution in [1.82, 2.24) is 14.9 Å². The molecule has 2 aromatic rings. The summed E-state index contributed by atoms with van der Waals surface area (Å²) in [6.07, 6.45) is 3.11. The molecule has 0 fully saturated rings. The standard InChI is InChI=1S/C13H17N3OS/c1-16-9-15-11-8-10(2-3-12(11)16)4-6-14-13(17)5-7-18/h2-3,8-9,18H,4-7H2,1H3,(H,14,17). The van der Waals surface area contributed by atoms with E-state index < -0.39 is 0 Å². The minimum absolute atomic E-state index is 0.0592. The number of hydrogen-bond acceptors (Lipinski definition) is 3. The van der Waals surface area contributed by atoms with Gasteiger partial charge in [0, 0.05) is 20.0 Å². The first-order chi connectivity index (χ1) is 8.70. The molecular formula is C13H17N3OS. The number of thiol groups is 1. The summed E-state index contributed by atoms with van der Waals surface area (Å²) in [5.41, 5.74) is 3.31. The number of nitrogens with one attached hydrogen (secondary N) is 1. The molecule has 1 aromatic carbocycles. The van der Waals surface area contributed by atoms with Crippen molar-refractivity contribution < 1.29 is 4.79 Å². The fraction of sp³-hybridized carbons (Fsp3) is 0.385. The Morgan fingerprint density at radius 1 is 1.50 bits per heavy atom. The minimum atomic E-state index is 0.0592. The highest BCUT2D eigenvalue weighted by Crippen LogP contribution is 2.13. The zero-order chi connectivity index (χ0) is 13.0. The number of fused-ring (bicyclic) bond motifs is 1. The average molecular weight is 263 g/mol. The second-order valence-electron chi connectivity index (χ2n) is 4.25. The Bertz CT molecular complexity index is 550. The van der Waals surface area contributed by atoms with Gasteiger partial charge in [-0.3, -0.25) is 4.79 Å². The van der Waals surface area contributed by atoms with Crippen LogP contribution in [0.5, 0.6) is 0 Å². The maximum Gasteiger partial charge on any atom is 0.220 e. The maximum atomic E-state index is 11.3. The van der Waals surface area contributed by atoms with Crippen LogP contribution in [-0.2, 0) is 18.3 Å². The maximum absolute atomic E-state index is 11.3. The molecule has 0 unspecified atom stereocenters. The normalized spacial score (nSPS) is 10.8. The number of rotatable bonds is 5. The molecule has 1 N–H and O–H groups in total. The molecule has 4 nitrogen and oxygen atoms in total. The van der Waals surface area contributed by atoms with Crippen molar-refractivity contribution in [2.75, 3.05) is 12.3 Å². The fourth-order valence-corrected chi connectivity index (χ4v) is 2.08. The first-order valence-corrected chi connectivity index (χ1v) is 6.61. The molecule has 0 radical (unpaired) electrons. The van der Waals surface area contributed by atoms with Gasteiger partial charge in [-0.05, 0) is 29.9 Å². The van der Waals surface area contributed by atoms with Gasteiger partial charge in [0.15, 0.2) is 0 Å². The molecule has 0 spiro atoms. The Balaban J connectivity index is 1.94. The highest BCUT2D eigenvalue weighted by atomic mass is 32.1. The van der Waals surface area contributed by atoms with Crippen LogP contribution in [0.1, 0.15) is 12.0 Å². The zero-order valence-electron chi connectivity index (χ0n) is 10.4. The molecule has 18 heavy (non-hydrogen) atoms. The van der Waals surface area contributed by atoms with Crippen LogP contribution in [0.2, 0.25) is 0 Å². The van der Waals surface area contributed by atoms with Crippen LogP contribution < -0.4 is 5.32 Å². The van der Waals surface area contributed by atoms with Crippen LogP contribution in [0.15, 0.2) is 24.5 Å². The quantitative estimate of drug-likeness (QED) is 0.804. The largest absolute Gasteiger partial charge is 0.356 e. The highest BCUT2D eigenvalue weighted by molar-refractivity contribution is 7.80. The van der Waals surface area contributed by atoms with Crippen molar-refractivity contribution >= 4 is 29.6 Å². The molecular weight excluding hydrogens is 246 g/mol. The second-order valence-corrected chi connectivity index (χ2v) is 4.70. The van der Waals surface area contributed by atoms with E-state index in [0.717, 1.165) is 17.5 Å². The zero-order valence-corrected chi connectivity index (χ0v) is 11.3. The lowest BCUT2D eigenvalue weighted by Gasteiger charge is -2.04. The lowest BCUT2D eigenvalue weighted by molar-refractivity contribution is -0.120. The number of hydrogen-bond donors (Lipinski definition) is 2. The molecule has 0 saturated heterocycles. The van der Waals surface area contributed by atoms with Gasteiger partial charge < -0.3 is 9.88 Å². The topological polar surface area (TPSA) is 46.9 Å². The van der Waals surface area contributed by atoms with Crippen LogP contribution >= 0.6 is 12.6 Å². The number of amides is 1. The first-order valence-electron chi connectivity index (χ1n) is 5.98. The Kier molecular flexibility index (Phi) is 4.25. The number of aromatic nitrogens is 2. The number of imidazole rings is 1. The van der Waals surface area contributed by atoms with Gasteiger partial charge in [0.1, 0.15) is 0 Å². The van der Waals surface area contributed by atoms with Crippen molar-refractivity contribution in [2.45, 2.75) is 12.8 Å². The number of carbonyl (C=O) groups excluding carboxylic acids is 1. The van der Waals surface area contributed by atoms with E-state index >= 15 is 0 Å².